The molecule has 0 amide bonds. The highest BCUT2D eigenvalue weighted by atomic mass is 32.2. The van der Waals surface area contributed by atoms with Gasteiger partial charge in [0.2, 0.25) is 10.0 Å². The molecule has 2 aromatic rings. The van der Waals surface area contributed by atoms with Crippen LogP contribution in [0.15, 0.2) is 59.5 Å². The largest absolute Gasteiger partial charge is 0.465 e. The van der Waals surface area contributed by atoms with Crippen molar-refractivity contribution in [1.29, 1.82) is 0 Å². The van der Waals surface area contributed by atoms with Crippen LogP contribution in [-0.4, -0.2) is 35.8 Å². The molecule has 0 fully saturated rings. The molecule has 0 unspecified atom stereocenters. The lowest BCUT2D eigenvalue weighted by atomic mass is 10.1. The standard InChI is InChI=1S/C19H22N2O6S/c1-4-27-18(22)19(2,3)20(14-15-8-6-5-7-9-15)28(25,26)17-12-10-16(11-13-17)21(23)24/h5-13H,4,14H2,1-3H3. The van der Waals surface area contributed by atoms with Crippen LogP contribution < -0.4 is 0 Å². The molecule has 0 bridgehead atoms. The van der Waals surface area contributed by atoms with Crippen molar-refractivity contribution >= 4 is 21.7 Å². The van der Waals surface area contributed by atoms with Crippen LogP contribution in [0, 0.1) is 10.1 Å². The number of sulfonamides is 1. The molecule has 0 N–H and O–H groups in total. The molecule has 0 radical (unpaired) electrons. The topological polar surface area (TPSA) is 107 Å². The summed E-state index contributed by atoms with van der Waals surface area (Å²) in [5, 5.41) is 10.8. The number of nitro benzene ring substituents is 1. The van der Waals surface area contributed by atoms with E-state index in [-0.39, 0.29) is 23.7 Å². The number of ether oxygens (including phenoxy) is 1. The van der Waals surface area contributed by atoms with Crippen LogP contribution in [0.25, 0.3) is 0 Å². The fraction of sp³-hybridized carbons (Fsp3) is 0.316. The molecule has 2 aromatic carbocycles. The Bertz CT molecular complexity index is 940. The lowest BCUT2D eigenvalue weighted by Gasteiger charge is -2.35. The number of benzene rings is 2. The van der Waals surface area contributed by atoms with Crippen molar-refractivity contribution in [3.63, 3.8) is 0 Å². The van der Waals surface area contributed by atoms with E-state index >= 15 is 0 Å². The van der Waals surface area contributed by atoms with Gasteiger partial charge in [-0.25, -0.2) is 8.42 Å². The molecule has 2 rings (SSSR count). The minimum atomic E-state index is -4.15. The second-order valence-corrected chi connectivity index (χ2v) is 8.39. The molecular formula is C19H22N2O6S. The van der Waals surface area contributed by atoms with E-state index in [1.807, 2.05) is 0 Å². The summed E-state index contributed by atoms with van der Waals surface area (Å²) in [6.45, 7) is 4.62. The number of non-ortho nitro benzene ring substituents is 1. The van der Waals surface area contributed by atoms with Crippen LogP contribution in [0.4, 0.5) is 5.69 Å². The fourth-order valence-electron chi connectivity index (χ4n) is 2.61. The van der Waals surface area contributed by atoms with Crippen molar-refractivity contribution in [3.8, 4) is 0 Å². The van der Waals surface area contributed by atoms with Crippen molar-refractivity contribution in [1.82, 2.24) is 4.31 Å². The molecule has 0 aliphatic carbocycles. The van der Waals surface area contributed by atoms with Gasteiger partial charge in [0, 0.05) is 18.7 Å². The van der Waals surface area contributed by atoms with E-state index in [0.717, 1.165) is 28.6 Å². The lowest BCUT2D eigenvalue weighted by molar-refractivity contribution is -0.384. The number of hydrogen-bond acceptors (Lipinski definition) is 6. The minimum Gasteiger partial charge on any atom is -0.465 e. The zero-order chi connectivity index (χ0) is 20.9. The van der Waals surface area contributed by atoms with Crippen LogP contribution in [0.1, 0.15) is 26.3 Å². The van der Waals surface area contributed by atoms with E-state index in [0.29, 0.717) is 5.56 Å². The van der Waals surface area contributed by atoms with Crippen LogP contribution in [0.2, 0.25) is 0 Å². The zero-order valence-electron chi connectivity index (χ0n) is 15.9. The molecule has 0 atom stereocenters. The first-order valence-corrected chi connectivity index (χ1v) is 10.0. The third kappa shape index (κ3) is 4.55. The fourth-order valence-corrected chi connectivity index (χ4v) is 4.34. The van der Waals surface area contributed by atoms with Crippen molar-refractivity contribution < 1.29 is 22.9 Å². The Morgan fingerprint density at radius 1 is 1.11 bits per heavy atom. The van der Waals surface area contributed by atoms with Crippen molar-refractivity contribution in [2.45, 2.75) is 37.8 Å². The predicted molar refractivity (Wildman–Crippen MR) is 103 cm³/mol. The molecule has 0 aliphatic rings. The lowest BCUT2D eigenvalue weighted by Crippen LogP contribution is -2.53. The average molecular weight is 406 g/mol. The van der Waals surface area contributed by atoms with Gasteiger partial charge in [0.25, 0.3) is 5.69 Å². The Labute approximate surface area is 163 Å². The summed E-state index contributed by atoms with van der Waals surface area (Å²) in [6, 6.07) is 13.4. The summed E-state index contributed by atoms with van der Waals surface area (Å²) in [5.41, 5.74) is -1.03. The molecule has 0 saturated carbocycles. The van der Waals surface area contributed by atoms with Gasteiger partial charge in [-0.15, -0.1) is 0 Å². The average Bonchev–Trinajstić information content (AvgIpc) is 2.67. The Morgan fingerprint density at radius 2 is 1.68 bits per heavy atom. The second kappa shape index (κ2) is 8.49. The van der Waals surface area contributed by atoms with Gasteiger partial charge in [-0.1, -0.05) is 30.3 Å². The SMILES string of the molecule is CCOC(=O)C(C)(C)N(Cc1ccccc1)S(=O)(=O)c1ccc([N+](=O)[O-])cc1. The third-order valence-electron chi connectivity index (χ3n) is 4.20. The molecule has 8 nitrogen and oxygen atoms in total. The Hall–Kier alpha value is -2.78. The smallest absolute Gasteiger partial charge is 0.327 e. The molecule has 0 spiro atoms. The summed E-state index contributed by atoms with van der Waals surface area (Å²) in [5.74, 6) is -0.684. The number of carbonyl (C=O) groups excluding carboxylic acids is 1. The number of esters is 1. The summed E-state index contributed by atoms with van der Waals surface area (Å²) in [6.07, 6.45) is 0. The van der Waals surface area contributed by atoms with E-state index in [9.17, 15) is 23.3 Å². The van der Waals surface area contributed by atoms with Gasteiger partial charge in [-0.3, -0.25) is 14.9 Å². The van der Waals surface area contributed by atoms with Crippen LogP contribution in [-0.2, 0) is 26.1 Å². The minimum absolute atomic E-state index is 0.0635. The van der Waals surface area contributed by atoms with E-state index < -0.39 is 26.5 Å². The van der Waals surface area contributed by atoms with E-state index in [1.165, 1.54) is 13.8 Å². The highest BCUT2D eigenvalue weighted by Crippen LogP contribution is 2.29. The zero-order valence-corrected chi connectivity index (χ0v) is 16.7. The maximum atomic E-state index is 13.3. The molecular weight excluding hydrogens is 384 g/mol. The van der Waals surface area contributed by atoms with Gasteiger partial charge < -0.3 is 4.74 Å². The summed E-state index contributed by atoms with van der Waals surface area (Å²) < 4.78 is 32.8. The molecule has 0 saturated heterocycles. The van der Waals surface area contributed by atoms with Gasteiger partial charge in [0.15, 0.2) is 0 Å². The van der Waals surface area contributed by atoms with Gasteiger partial charge in [-0.05, 0) is 38.5 Å². The highest BCUT2D eigenvalue weighted by molar-refractivity contribution is 7.89. The monoisotopic (exact) mass is 406 g/mol. The Kier molecular flexibility index (Phi) is 6.52. The van der Waals surface area contributed by atoms with Gasteiger partial charge in [0.1, 0.15) is 5.54 Å². The first-order valence-electron chi connectivity index (χ1n) is 8.59. The number of nitrogens with zero attached hydrogens (tertiary/aromatic N) is 2. The summed E-state index contributed by atoms with van der Waals surface area (Å²) in [7, 11) is -4.15. The third-order valence-corrected chi connectivity index (χ3v) is 6.24. The maximum Gasteiger partial charge on any atom is 0.327 e. The summed E-state index contributed by atoms with van der Waals surface area (Å²) >= 11 is 0. The van der Waals surface area contributed by atoms with Gasteiger partial charge in [-0.2, -0.15) is 4.31 Å². The maximum absolute atomic E-state index is 13.3. The highest BCUT2D eigenvalue weighted by Gasteiger charge is 2.44. The first-order chi connectivity index (χ1) is 13.1. The van der Waals surface area contributed by atoms with Crippen LogP contribution >= 0.6 is 0 Å². The summed E-state index contributed by atoms with van der Waals surface area (Å²) in [4.78, 5) is 22.6. The predicted octanol–water partition coefficient (Wildman–Crippen LogP) is 3.13. The van der Waals surface area contributed by atoms with Gasteiger partial charge in [0.05, 0.1) is 16.4 Å². The second-order valence-electron chi connectivity index (χ2n) is 6.53. The van der Waals surface area contributed by atoms with Crippen LogP contribution in [0.3, 0.4) is 0 Å². The normalized spacial score (nSPS) is 12.0. The molecule has 9 heteroatoms. The molecule has 0 heterocycles. The number of nitro groups is 1. The van der Waals surface area contributed by atoms with Gasteiger partial charge >= 0.3 is 5.97 Å². The van der Waals surface area contributed by atoms with E-state index in [4.69, 9.17) is 4.74 Å². The van der Waals surface area contributed by atoms with Crippen molar-refractivity contribution in [2.24, 2.45) is 0 Å². The van der Waals surface area contributed by atoms with Crippen molar-refractivity contribution in [3.05, 3.63) is 70.3 Å². The van der Waals surface area contributed by atoms with E-state index in [2.05, 4.69) is 0 Å². The number of carbonyl (C=O) groups is 1. The Balaban J connectivity index is 2.52. The number of rotatable bonds is 8. The molecule has 0 aliphatic heterocycles. The van der Waals surface area contributed by atoms with Crippen molar-refractivity contribution in [2.75, 3.05) is 6.61 Å². The molecule has 0 aromatic heterocycles. The molecule has 28 heavy (non-hydrogen) atoms. The quantitative estimate of drug-likeness (QED) is 0.379. The number of hydrogen-bond donors (Lipinski definition) is 0. The van der Waals surface area contributed by atoms with Crippen LogP contribution in [0.5, 0.6) is 0 Å². The Morgan fingerprint density at radius 3 is 2.18 bits per heavy atom. The first kappa shape index (κ1) is 21.5. The molecule has 150 valence electrons. The van der Waals surface area contributed by atoms with E-state index in [1.54, 1.807) is 37.3 Å².